The van der Waals surface area contributed by atoms with Crippen LogP contribution in [0.15, 0.2) is 48.6 Å². The summed E-state index contributed by atoms with van der Waals surface area (Å²) < 4.78 is 0. The Morgan fingerprint density at radius 3 is 2.61 bits per heavy atom. The lowest BCUT2D eigenvalue weighted by Gasteiger charge is -2.38. The molecule has 0 unspecified atom stereocenters. The van der Waals surface area contributed by atoms with Gasteiger partial charge in [-0.25, -0.2) is 0 Å². The minimum absolute atomic E-state index is 0.0918. The van der Waals surface area contributed by atoms with E-state index in [0.717, 1.165) is 23.2 Å². The van der Waals surface area contributed by atoms with Crippen LogP contribution in [-0.4, -0.2) is 23.9 Å². The normalized spacial score (nSPS) is 22.4. The zero-order valence-electron chi connectivity index (χ0n) is 16.1. The van der Waals surface area contributed by atoms with Gasteiger partial charge in [-0.3, -0.25) is 4.79 Å². The van der Waals surface area contributed by atoms with Crippen molar-refractivity contribution in [3.05, 3.63) is 75.3 Å². The van der Waals surface area contributed by atoms with E-state index in [-0.39, 0.29) is 17.9 Å². The molecule has 0 saturated carbocycles. The quantitative estimate of drug-likeness (QED) is 0.594. The van der Waals surface area contributed by atoms with E-state index in [2.05, 4.69) is 23.5 Å². The fraction of sp³-hybridized carbons (Fsp3) is 0.348. The summed E-state index contributed by atoms with van der Waals surface area (Å²) in [5.74, 6) is 0.733. The second-order valence-electron chi connectivity index (χ2n) is 7.42. The fourth-order valence-corrected chi connectivity index (χ4v) is 5.01. The maximum absolute atomic E-state index is 12.8. The van der Waals surface area contributed by atoms with Crippen molar-refractivity contribution in [2.24, 2.45) is 5.92 Å². The van der Waals surface area contributed by atoms with Crippen LogP contribution in [0.3, 0.4) is 0 Å². The summed E-state index contributed by atoms with van der Waals surface area (Å²) in [5, 5.41) is 5.01. The zero-order chi connectivity index (χ0) is 19.8. The minimum Gasteiger partial charge on any atom is -0.378 e. The Morgan fingerprint density at radius 2 is 1.89 bits per heavy atom. The van der Waals surface area contributed by atoms with Gasteiger partial charge in [0, 0.05) is 40.3 Å². The van der Waals surface area contributed by atoms with Crippen LogP contribution >= 0.6 is 23.2 Å². The Bertz CT molecular complexity index is 936. The molecule has 0 saturated heterocycles. The molecule has 28 heavy (non-hydrogen) atoms. The number of amides is 1. The lowest BCUT2D eigenvalue weighted by Crippen LogP contribution is -2.32. The first-order valence-corrected chi connectivity index (χ1v) is 10.6. The van der Waals surface area contributed by atoms with Crippen molar-refractivity contribution >= 4 is 34.8 Å². The highest BCUT2D eigenvalue weighted by Gasteiger charge is 2.39. The largest absolute Gasteiger partial charge is 0.378 e. The van der Waals surface area contributed by atoms with E-state index < -0.39 is 0 Å². The Morgan fingerprint density at radius 1 is 1.11 bits per heavy atom. The molecule has 1 heterocycles. The molecule has 146 valence electrons. The van der Waals surface area contributed by atoms with E-state index in [1.165, 1.54) is 5.56 Å². The van der Waals surface area contributed by atoms with Crippen LogP contribution in [0, 0.1) is 5.92 Å². The fourth-order valence-electron chi connectivity index (χ4n) is 4.48. The molecular formula is C23H24Cl2N2O. The molecule has 5 heteroatoms. The molecule has 2 aliphatic rings. The smallest absolute Gasteiger partial charge is 0.253 e. The monoisotopic (exact) mass is 414 g/mol. The predicted molar refractivity (Wildman–Crippen MR) is 117 cm³/mol. The van der Waals surface area contributed by atoms with Gasteiger partial charge < -0.3 is 10.2 Å². The van der Waals surface area contributed by atoms with Crippen LogP contribution in [0.1, 0.15) is 53.7 Å². The summed E-state index contributed by atoms with van der Waals surface area (Å²) in [6.45, 7) is 5.46. The lowest BCUT2D eigenvalue weighted by atomic mass is 9.76. The van der Waals surface area contributed by atoms with Crippen molar-refractivity contribution in [2.45, 2.75) is 32.2 Å². The Hall–Kier alpha value is -1.97. The van der Waals surface area contributed by atoms with Crippen LogP contribution in [0.4, 0.5) is 5.69 Å². The Kier molecular flexibility index (Phi) is 5.39. The van der Waals surface area contributed by atoms with E-state index in [4.69, 9.17) is 23.2 Å². The SMILES string of the molecule is CCN(CC)C(=O)c1ccc2c(c1)[C@@H]1C=CC[C@@H]1[C@H](c1ccc(Cl)cc1Cl)N2. The second kappa shape index (κ2) is 7.81. The second-order valence-corrected chi connectivity index (χ2v) is 8.26. The average Bonchev–Trinajstić information content (AvgIpc) is 3.18. The number of rotatable bonds is 4. The third kappa shape index (κ3) is 3.31. The van der Waals surface area contributed by atoms with Gasteiger partial charge in [0.05, 0.1) is 6.04 Å². The lowest BCUT2D eigenvalue weighted by molar-refractivity contribution is 0.0773. The van der Waals surface area contributed by atoms with Crippen LogP contribution in [0.5, 0.6) is 0 Å². The molecule has 0 radical (unpaired) electrons. The molecule has 4 rings (SSSR count). The molecule has 2 aromatic carbocycles. The Balaban J connectivity index is 1.72. The van der Waals surface area contributed by atoms with Gasteiger partial charge in [-0.1, -0.05) is 41.4 Å². The number of halogens is 2. The summed E-state index contributed by atoms with van der Waals surface area (Å²) in [7, 11) is 0. The first-order chi connectivity index (χ1) is 13.5. The average molecular weight is 415 g/mol. The zero-order valence-corrected chi connectivity index (χ0v) is 17.6. The van der Waals surface area contributed by atoms with Crippen molar-refractivity contribution in [3.8, 4) is 0 Å². The van der Waals surface area contributed by atoms with E-state index >= 15 is 0 Å². The summed E-state index contributed by atoms with van der Waals surface area (Å²) in [6, 6.07) is 11.8. The Labute approximate surface area is 176 Å². The van der Waals surface area contributed by atoms with E-state index in [0.29, 0.717) is 29.1 Å². The standard InChI is InChI=1S/C23H24Cl2N2O/c1-3-27(4-2)23(28)14-8-11-21-19(12-14)16-6-5-7-17(16)22(26-21)18-10-9-15(24)13-20(18)25/h5-6,8-13,16-17,22,26H,3-4,7H2,1-2H3/t16-,17+,22-/m1/s1. The number of nitrogens with one attached hydrogen (secondary N) is 1. The van der Waals surface area contributed by atoms with Crippen molar-refractivity contribution in [2.75, 3.05) is 18.4 Å². The molecule has 1 aliphatic carbocycles. The third-order valence-corrected chi connectivity index (χ3v) is 6.52. The predicted octanol–water partition coefficient (Wildman–Crippen LogP) is 6.30. The highest BCUT2D eigenvalue weighted by Crippen LogP contribution is 2.51. The number of benzene rings is 2. The van der Waals surface area contributed by atoms with E-state index in [9.17, 15) is 4.79 Å². The van der Waals surface area contributed by atoms with Crippen molar-refractivity contribution < 1.29 is 4.79 Å². The topological polar surface area (TPSA) is 32.3 Å². The maximum atomic E-state index is 12.8. The molecule has 1 aliphatic heterocycles. The summed E-state index contributed by atoms with van der Waals surface area (Å²) in [4.78, 5) is 14.7. The van der Waals surface area contributed by atoms with Gasteiger partial charge in [-0.15, -0.1) is 0 Å². The highest BCUT2D eigenvalue weighted by atomic mass is 35.5. The molecule has 0 spiro atoms. The van der Waals surface area contributed by atoms with Crippen LogP contribution < -0.4 is 5.32 Å². The first-order valence-electron chi connectivity index (χ1n) is 9.84. The number of hydrogen-bond acceptors (Lipinski definition) is 2. The number of fused-ring (bicyclic) bond motifs is 3. The van der Waals surface area contributed by atoms with Gasteiger partial charge in [0.15, 0.2) is 0 Å². The van der Waals surface area contributed by atoms with Gasteiger partial charge in [0.2, 0.25) is 0 Å². The number of carbonyl (C=O) groups excluding carboxylic acids is 1. The van der Waals surface area contributed by atoms with Crippen molar-refractivity contribution in [3.63, 3.8) is 0 Å². The minimum atomic E-state index is 0.0918. The van der Waals surface area contributed by atoms with E-state index in [1.54, 1.807) is 6.07 Å². The highest BCUT2D eigenvalue weighted by molar-refractivity contribution is 6.35. The number of hydrogen-bond donors (Lipinski definition) is 1. The van der Waals surface area contributed by atoms with E-state index in [1.807, 2.05) is 43.0 Å². The van der Waals surface area contributed by atoms with Crippen LogP contribution in [-0.2, 0) is 0 Å². The molecule has 2 aromatic rings. The van der Waals surface area contributed by atoms with Gasteiger partial charge in [0.25, 0.3) is 5.91 Å². The van der Waals surface area contributed by atoms with Crippen LogP contribution in [0.25, 0.3) is 0 Å². The maximum Gasteiger partial charge on any atom is 0.253 e. The van der Waals surface area contributed by atoms with Crippen molar-refractivity contribution in [1.29, 1.82) is 0 Å². The molecule has 3 atom stereocenters. The number of carbonyl (C=O) groups is 1. The first kappa shape index (κ1) is 19.4. The summed E-state index contributed by atoms with van der Waals surface area (Å²) >= 11 is 12.6. The van der Waals surface area contributed by atoms with Crippen LogP contribution in [0.2, 0.25) is 10.0 Å². The molecule has 0 bridgehead atoms. The van der Waals surface area contributed by atoms with Gasteiger partial charge in [-0.2, -0.15) is 0 Å². The molecule has 1 amide bonds. The molecule has 0 aromatic heterocycles. The van der Waals surface area contributed by atoms with Gasteiger partial charge >= 0.3 is 0 Å². The molecule has 0 fully saturated rings. The van der Waals surface area contributed by atoms with Gasteiger partial charge in [-0.05, 0) is 67.6 Å². The number of anilines is 1. The third-order valence-electron chi connectivity index (χ3n) is 5.96. The summed E-state index contributed by atoms with van der Waals surface area (Å²) in [6.07, 6.45) is 5.49. The van der Waals surface area contributed by atoms with Gasteiger partial charge in [0.1, 0.15) is 0 Å². The number of nitrogens with zero attached hydrogens (tertiary/aromatic N) is 1. The molecule has 1 N–H and O–H groups in total. The summed E-state index contributed by atoms with van der Waals surface area (Å²) in [5.41, 5.74) is 4.09. The number of allylic oxidation sites excluding steroid dienone is 2. The van der Waals surface area contributed by atoms with Crippen molar-refractivity contribution in [1.82, 2.24) is 4.90 Å². The molecule has 3 nitrogen and oxygen atoms in total. The molecular weight excluding hydrogens is 391 g/mol.